The molecule has 1 N–H and O–H groups in total. The fraction of sp³-hybridized carbons (Fsp3) is 0.552. The lowest BCUT2D eigenvalue weighted by atomic mass is 9.94. The van der Waals surface area contributed by atoms with E-state index in [1.807, 2.05) is 20.8 Å². The highest BCUT2D eigenvalue weighted by atomic mass is 19.1. The fourth-order valence-electron chi connectivity index (χ4n) is 4.62. The van der Waals surface area contributed by atoms with Crippen LogP contribution < -0.4 is 15.1 Å². The van der Waals surface area contributed by atoms with Crippen molar-refractivity contribution >= 4 is 28.9 Å². The number of fused-ring (bicyclic) bond motifs is 2. The van der Waals surface area contributed by atoms with Crippen molar-refractivity contribution in [3.8, 4) is 0 Å². The summed E-state index contributed by atoms with van der Waals surface area (Å²) in [5.74, 6) is 0.794. The van der Waals surface area contributed by atoms with Crippen molar-refractivity contribution in [2.24, 2.45) is 11.3 Å². The van der Waals surface area contributed by atoms with Crippen LogP contribution in [0, 0.1) is 24.1 Å². The van der Waals surface area contributed by atoms with Crippen molar-refractivity contribution in [3.05, 3.63) is 47.8 Å². The Hall–Kier alpha value is -3.16. The molecule has 4 rings (SSSR count). The third kappa shape index (κ3) is 6.79. The molecule has 3 aromatic heterocycles. The van der Waals surface area contributed by atoms with Gasteiger partial charge in [-0.15, -0.1) is 0 Å². The van der Waals surface area contributed by atoms with E-state index in [0.29, 0.717) is 23.9 Å². The molecule has 202 valence electrons. The molecule has 7 nitrogen and oxygen atoms in total. The van der Waals surface area contributed by atoms with E-state index in [-0.39, 0.29) is 17.1 Å². The summed E-state index contributed by atoms with van der Waals surface area (Å²) in [7, 11) is 0. The van der Waals surface area contributed by atoms with Crippen molar-refractivity contribution in [1.82, 2.24) is 14.4 Å². The minimum absolute atomic E-state index is 0.118. The summed E-state index contributed by atoms with van der Waals surface area (Å²) < 4.78 is 16.4. The van der Waals surface area contributed by atoms with Gasteiger partial charge >= 0.3 is 6.03 Å². The van der Waals surface area contributed by atoms with Crippen LogP contribution in [0.3, 0.4) is 0 Å². The molecule has 2 amide bonds. The van der Waals surface area contributed by atoms with Gasteiger partial charge < -0.3 is 14.6 Å². The van der Waals surface area contributed by atoms with Crippen molar-refractivity contribution < 1.29 is 9.18 Å². The number of aromatic nitrogens is 3. The highest BCUT2D eigenvalue weighted by Gasteiger charge is 2.31. The zero-order valence-corrected chi connectivity index (χ0v) is 23.7. The second kappa shape index (κ2) is 11.9. The maximum Gasteiger partial charge on any atom is 0.327 e. The first-order valence-corrected chi connectivity index (χ1v) is 13.5. The first-order valence-electron chi connectivity index (χ1n) is 13.5. The number of amides is 2. The molecule has 1 unspecified atom stereocenters. The first-order chi connectivity index (χ1) is 17.6. The largest absolute Gasteiger partial charge is 0.371 e. The van der Waals surface area contributed by atoms with Crippen LogP contribution >= 0.6 is 0 Å². The molecule has 0 saturated carbocycles. The number of urea groups is 1. The zero-order chi connectivity index (χ0) is 27.3. The molecular formula is C29H43FN6O. The van der Waals surface area contributed by atoms with Crippen LogP contribution in [0.15, 0.2) is 30.7 Å². The molecule has 1 aliphatic heterocycles. The van der Waals surface area contributed by atoms with Crippen LogP contribution in [-0.2, 0) is 6.42 Å². The molecule has 37 heavy (non-hydrogen) atoms. The van der Waals surface area contributed by atoms with E-state index in [2.05, 4.69) is 60.9 Å². The quantitative estimate of drug-likeness (QED) is 0.369. The average Bonchev–Trinajstić information content (AvgIpc) is 3.44. The Morgan fingerprint density at radius 3 is 2.68 bits per heavy atom. The highest BCUT2D eigenvalue weighted by Crippen LogP contribution is 2.36. The molecule has 0 spiro atoms. The number of halogens is 1. The van der Waals surface area contributed by atoms with Gasteiger partial charge in [-0.05, 0) is 37.2 Å². The van der Waals surface area contributed by atoms with Crippen molar-refractivity contribution in [2.45, 2.75) is 74.7 Å². The fourth-order valence-corrected chi connectivity index (χ4v) is 4.62. The Labute approximate surface area is 221 Å². The van der Waals surface area contributed by atoms with Gasteiger partial charge in [-0.25, -0.2) is 19.2 Å². The molecule has 0 aromatic carbocycles. The summed E-state index contributed by atoms with van der Waals surface area (Å²) in [6, 6.07) is 3.02. The lowest BCUT2D eigenvalue weighted by Crippen LogP contribution is -2.35. The molecule has 0 fully saturated rings. The SMILES string of the molecule is CC.CCC(C)CCN(CC(C)(C)C)c1ccnc2c1CCN2C(=O)Nc1cn2cc(C)nc2cc1F. The predicted octanol–water partition coefficient (Wildman–Crippen LogP) is 7.09. The average molecular weight is 511 g/mol. The zero-order valence-electron chi connectivity index (χ0n) is 23.7. The number of rotatable bonds is 7. The van der Waals surface area contributed by atoms with Gasteiger partial charge in [0.2, 0.25) is 0 Å². The summed E-state index contributed by atoms with van der Waals surface area (Å²) in [4.78, 5) is 26.1. The molecule has 1 aliphatic rings. The number of anilines is 3. The number of carbonyl (C=O) groups excluding carboxylic acids is 1. The van der Waals surface area contributed by atoms with E-state index in [9.17, 15) is 9.18 Å². The summed E-state index contributed by atoms with van der Waals surface area (Å²) in [6.45, 7) is 19.5. The Balaban J connectivity index is 0.00000186. The molecule has 0 radical (unpaired) electrons. The van der Waals surface area contributed by atoms with Crippen molar-refractivity contribution in [2.75, 3.05) is 34.8 Å². The van der Waals surface area contributed by atoms with Gasteiger partial charge in [-0.3, -0.25) is 4.90 Å². The molecule has 8 heteroatoms. The van der Waals surface area contributed by atoms with Crippen molar-refractivity contribution in [3.63, 3.8) is 0 Å². The van der Waals surface area contributed by atoms with Gasteiger partial charge in [0, 0.05) is 55.5 Å². The van der Waals surface area contributed by atoms with Crippen LogP contribution in [0.1, 0.15) is 72.6 Å². The summed E-state index contributed by atoms with van der Waals surface area (Å²) in [6.07, 6.45) is 8.13. The number of imidazole rings is 1. The molecule has 0 bridgehead atoms. The maximum absolute atomic E-state index is 14.7. The predicted molar refractivity (Wildman–Crippen MR) is 151 cm³/mol. The molecule has 0 aliphatic carbocycles. The maximum atomic E-state index is 14.7. The van der Waals surface area contributed by atoms with E-state index in [1.165, 1.54) is 6.07 Å². The van der Waals surface area contributed by atoms with Gasteiger partial charge in [0.25, 0.3) is 0 Å². The standard InChI is InChI=1S/C27H37FN6O.C2H6/c1-7-18(2)9-12-32(17-27(4,5)6)23-8-11-29-25-20(23)10-13-34(25)26(35)31-22-16-33-15-19(3)30-24(33)14-21(22)28;1-2/h8,11,14-16,18H,7,9-10,12-13,17H2,1-6H3,(H,31,35);1-2H3. The number of nitrogens with one attached hydrogen (secondary N) is 1. The third-order valence-electron chi connectivity index (χ3n) is 6.59. The third-order valence-corrected chi connectivity index (χ3v) is 6.59. The summed E-state index contributed by atoms with van der Waals surface area (Å²) >= 11 is 0. The number of pyridine rings is 2. The van der Waals surface area contributed by atoms with Crippen LogP contribution in [0.5, 0.6) is 0 Å². The summed E-state index contributed by atoms with van der Waals surface area (Å²) in [5, 5.41) is 2.74. The first kappa shape index (κ1) is 28.4. The highest BCUT2D eigenvalue weighted by molar-refractivity contribution is 6.03. The minimum Gasteiger partial charge on any atom is -0.371 e. The van der Waals surface area contributed by atoms with Crippen molar-refractivity contribution in [1.29, 1.82) is 0 Å². The van der Waals surface area contributed by atoms with E-state index in [1.54, 1.807) is 27.9 Å². The van der Waals surface area contributed by atoms with Crippen LogP contribution in [0.2, 0.25) is 0 Å². The molecule has 0 saturated heterocycles. The van der Waals surface area contributed by atoms with Crippen LogP contribution in [-0.4, -0.2) is 40.0 Å². The number of nitrogens with zero attached hydrogens (tertiary/aromatic N) is 5. The number of aryl methyl sites for hydroxylation is 1. The lowest BCUT2D eigenvalue weighted by Gasteiger charge is -2.34. The lowest BCUT2D eigenvalue weighted by molar-refractivity contribution is 0.257. The normalized spacial score (nSPS) is 13.7. The number of carbonyl (C=O) groups is 1. The number of hydrogen-bond donors (Lipinski definition) is 1. The topological polar surface area (TPSA) is 65.8 Å². The van der Waals surface area contributed by atoms with E-state index in [0.717, 1.165) is 49.3 Å². The second-order valence-corrected chi connectivity index (χ2v) is 10.9. The molecule has 1 atom stereocenters. The summed E-state index contributed by atoms with van der Waals surface area (Å²) in [5.41, 5.74) is 3.76. The Kier molecular flexibility index (Phi) is 9.16. The van der Waals surface area contributed by atoms with Gasteiger partial charge in [0.15, 0.2) is 5.82 Å². The van der Waals surface area contributed by atoms with E-state index in [4.69, 9.17) is 0 Å². The van der Waals surface area contributed by atoms with E-state index < -0.39 is 5.82 Å². The molecule has 3 aromatic rings. The van der Waals surface area contributed by atoms with Gasteiger partial charge in [-0.2, -0.15) is 0 Å². The van der Waals surface area contributed by atoms with Crippen LogP contribution in [0.4, 0.5) is 26.4 Å². The second-order valence-electron chi connectivity index (χ2n) is 10.9. The Morgan fingerprint density at radius 2 is 2.00 bits per heavy atom. The smallest absolute Gasteiger partial charge is 0.327 e. The minimum atomic E-state index is -0.515. The monoisotopic (exact) mass is 510 g/mol. The number of hydrogen-bond acceptors (Lipinski definition) is 4. The van der Waals surface area contributed by atoms with Gasteiger partial charge in [0.05, 0.1) is 11.4 Å². The van der Waals surface area contributed by atoms with Gasteiger partial charge in [0.1, 0.15) is 11.5 Å². The Morgan fingerprint density at radius 1 is 1.27 bits per heavy atom. The van der Waals surface area contributed by atoms with E-state index >= 15 is 0 Å². The molecule has 4 heterocycles. The Bertz CT molecular complexity index is 1220. The van der Waals surface area contributed by atoms with Gasteiger partial charge in [-0.1, -0.05) is 54.9 Å². The van der Waals surface area contributed by atoms with Crippen LogP contribution in [0.25, 0.3) is 5.65 Å². The molecular weight excluding hydrogens is 467 g/mol.